The van der Waals surface area contributed by atoms with Crippen LogP contribution in [0.2, 0.25) is 0 Å². The number of rotatable bonds is 4. The minimum atomic E-state index is -0.567. The second kappa shape index (κ2) is 9.00. The highest BCUT2D eigenvalue weighted by molar-refractivity contribution is 9.10. The number of fused-ring (bicyclic) bond motifs is 1. The Morgan fingerprint density at radius 3 is 2.59 bits per heavy atom. The summed E-state index contributed by atoms with van der Waals surface area (Å²) in [5.74, 6) is -0.681. The first kappa shape index (κ1) is 21.1. The van der Waals surface area contributed by atoms with Gasteiger partial charge in [-0.3, -0.25) is 19.5 Å². The highest BCUT2D eigenvalue weighted by Gasteiger charge is 2.40. The molecule has 2 aliphatic rings. The Labute approximate surface area is 195 Å². The lowest BCUT2D eigenvalue weighted by molar-refractivity contribution is -0.141. The number of halogens is 1. The van der Waals surface area contributed by atoms with E-state index in [0.717, 1.165) is 40.7 Å². The van der Waals surface area contributed by atoms with Crippen molar-refractivity contribution in [3.8, 4) is 0 Å². The van der Waals surface area contributed by atoms with Crippen LogP contribution in [0.1, 0.15) is 12.0 Å². The number of hydrogen-bond acceptors (Lipinski definition) is 4. The molecule has 32 heavy (non-hydrogen) atoms. The third kappa shape index (κ3) is 4.14. The highest BCUT2D eigenvalue weighted by Crippen LogP contribution is 2.29. The summed E-state index contributed by atoms with van der Waals surface area (Å²) < 4.78 is 0.926. The van der Waals surface area contributed by atoms with E-state index in [4.69, 9.17) is 0 Å². The molecule has 2 aromatic carbocycles. The maximum absolute atomic E-state index is 13.1. The lowest BCUT2D eigenvalue weighted by atomic mass is 10.1. The van der Waals surface area contributed by atoms with Gasteiger partial charge in [0.2, 0.25) is 11.8 Å². The van der Waals surface area contributed by atoms with Gasteiger partial charge in [-0.15, -0.1) is 0 Å². The Balaban J connectivity index is 1.20. The molecule has 5 rings (SSSR count). The van der Waals surface area contributed by atoms with Gasteiger partial charge in [0.1, 0.15) is 5.92 Å². The minimum Gasteiger partial charge on any atom is -0.339 e. The van der Waals surface area contributed by atoms with Crippen LogP contribution in [0.4, 0.5) is 5.69 Å². The molecule has 7 heteroatoms. The Morgan fingerprint density at radius 1 is 1.00 bits per heavy atom. The van der Waals surface area contributed by atoms with Gasteiger partial charge < -0.3 is 9.80 Å². The highest BCUT2D eigenvalue weighted by atomic mass is 79.9. The van der Waals surface area contributed by atoms with Gasteiger partial charge in [-0.2, -0.15) is 0 Å². The SMILES string of the molecule is O=C(C1CCN(c2cccc(Br)c2)C1=O)N1CCN(Cc2cccc3cccnc23)CC1. The maximum Gasteiger partial charge on any atom is 0.239 e. The summed E-state index contributed by atoms with van der Waals surface area (Å²) in [6.07, 6.45) is 2.41. The number of benzene rings is 2. The minimum absolute atomic E-state index is 0.0287. The molecule has 0 bridgehead atoms. The van der Waals surface area contributed by atoms with Crippen LogP contribution < -0.4 is 4.90 Å². The van der Waals surface area contributed by atoms with Gasteiger partial charge in [-0.05, 0) is 36.2 Å². The van der Waals surface area contributed by atoms with Crippen LogP contribution in [0.3, 0.4) is 0 Å². The van der Waals surface area contributed by atoms with Crippen molar-refractivity contribution < 1.29 is 9.59 Å². The summed E-state index contributed by atoms with van der Waals surface area (Å²) >= 11 is 3.46. The second-order valence-corrected chi connectivity index (χ2v) is 9.32. The topological polar surface area (TPSA) is 56.8 Å². The summed E-state index contributed by atoms with van der Waals surface area (Å²) in [4.78, 5) is 36.6. The van der Waals surface area contributed by atoms with Gasteiger partial charge in [0.25, 0.3) is 0 Å². The fourth-order valence-corrected chi connectivity index (χ4v) is 5.08. The van der Waals surface area contributed by atoms with Crippen LogP contribution >= 0.6 is 15.9 Å². The molecular weight excluding hydrogens is 468 g/mol. The molecule has 2 fully saturated rings. The Bertz CT molecular complexity index is 1150. The molecule has 2 amide bonds. The molecule has 0 spiro atoms. The first-order valence-electron chi connectivity index (χ1n) is 11.0. The molecule has 6 nitrogen and oxygen atoms in total. The monoisotopic (exact) mass is 492 g/mol. The van der Waals surface area contributed by atoms with Crippen molar-refractivity contribution in [3.05, 3.63) is 70.8 Å². The number of para-hydroxylation sites is 1. The molecule has 1 unspecified atom stereocenters. The first-order valence-corrected chi connectivity index (χ1v) is 11.8. The molecule has 0 radical (unpaired) electrons. The molecule has 0 N–H and O–H groups in total. The molecule has 1 atom stereocenters. The zero-order chi connectivity index (χ0) is 22.1. The average molecular weight is 493 g/mol. The van der Waals surface area contributed by atoms with Crippen LogP contribution in [0.15, 0.2) is 65.3 Å². The van der Waals surface area contributed by atoms with E-state index in [1.807, 2.05) is 41.4 Å². The van der Waals surface area contributed by atoms with Crippen molar-refractivity contribution in [2.24, 2.45) is 5.92 Å². The van der Waals surface area contributed by atoms with Crippen molar-refractivity contribution in [3.63, 3.8) is 0 Å². The lowest BCUT2D eigenvalue weighted by Gasteiger charge is -2.35. The van der Waals surface area contributed by atoms with Gasteiger partial charge in [-0.1, -0.05) is 46.3 Å². The Morgan fingerprint density at radius 2 is 1.78 bits per heavy atom. The van der Waals surface area contributed by atoms with Crippen LogP contribution in [0, 0.1) is 5.92 Å². The predicted octanol–water partition coefficient (Wildman–Crippen LogP) is 3.69. The number of hydrogen-bond donors (Lipinski definition) is 0. The Kier molecular flexibility index (Phi) is 5.93. The fourth-order valence-electron chi connectivity index (χ4n) is 4.69. The second-order valence-electron chi connectivity index (χ2n) is 8.40. The lowest BCUT2D eigenvalue weighted by Crippen LogP contribution is -2.51. The number of amides is 2. The number of nitrogens with zero attached hydrogens (tertiary/aromatic N) is 4. The van der Waals surface area contributed by atoms with Gasteiger partial charge >= 0.3 is 0 Å². The number of piperazine rings is 1. The summed E-state index contributed by atoms with van der Waals surface area (Å²) in [6, 6.07) is 18.0. The van der Waals surface area contributed by atoms with Gasteiger partial charge in [0.05, 0.1) is 5.52 Å². The molecule has 3 aromatic rings. The van der Waals surface area contributed by atoms with Gasteiger partial charge in [0.15, 0.2) is 0 Å². The van der Waals surface area contributed by atoms with E-state index in [1.165, 1.54) is 5.56 Å². The van der Waals surface area contributed by atoms with E-state index in [1.54, 1.807) is 4.90 Å². The van der Waals surface area contributed by atoms with Crippen LogP contribution in [-0.2, 0) is 16.1 Å². The number of pyridine rings is 1. The zero-order valence-electron chi connectivity index (χ0n) is 17.8. The summed E-state index contributed by atoms with van der Waals surface area (Å²) in [6.45, 7) is 4.29. The van der Waals surface area contributed by atoms with Crippen LogP contribution in [0.5, 0.6) is 0 Å². The molecule has 164 valence electrons. The normalized spacial score (nSPS) is 19.7. The van der Waals surface area contributed by atoms with Gasteiger partial charge in [-0.25, -0.2) is 0 Å². The third-order valence-corrected chi connectivity index (χ3v) is 6.91. The number of carbonyl (C=O) groups is 2. The summed E-state index contributed by atoms with van der Waals surface area (Å²) in [7, 11) is 0. The smallest absolute Gasteiger partial charge is 0.239 e. The molecule has 2 aliphatic heterocycles. The Hall–Kier alpha value is -2.77. The van der Waals surface area contributed by atoms with E-state index in [9.17, 15) is 9.59 Å². The molecule has 0 aliphatic carbocycles. The average Bonchev–Trinajstić information content (AvgIpc) is 3.20. The maximum atomic E-state index is 13.1. The molecule has 0 saturated carbocycles. The third-order valence-electron chi connectivity index (χ3n) is 6.42. The molecular formula is C25H25BrN4O2. The van der Waals surface area contributed by atoms with Gasteiger partial charge in [0, 0.05) is 61.0 Å². The van der Waals surface area contributed by atoms with E-state index in [0.29, 0.717) is 26.1 Å². The number of anilines is 1. The van der Waals surface area contributed by atoms with Crippen LogP contribution in [-0.4, -0.2) is 59.3 Å². The zero-order valence-corrected chi connectivity index (χ0v) is 19.4. The van der Waals surface area contributed by atoms with E-state index >= 15 is 0 Å². The number of aromatic nitrogens is 1. The molecule has 2 saturated heterocycles. The van der Waals surface area contributed by atoms with Crippen molar-refractivity contribution >= 4 is 44.3 Å². The molecule has 3 heterocycles. The van der Waals surface area contributed by atoms with Crippen LogP contribution in [0.25, 0.3) is 10.9 Å². The summed E-state index contributed by atoms with van der Waals surface area (Å²) in [5.41, 5.74) is 3.09. The van der Waals surface area contributed by atoms with E-state index in [2.05, 4.69) is 50.1 Å². The van der Waals surface area contributed by atoms with E-state index in [-0.39, 0.29) is 11.8 Å². The van der Waals surface area contributed by atoms with Crippen molar-refractivity contribution in [1.29, 1.82) is 0 Å². The predicted molar refractivity (Wildman–Crippen MR) is 128 cm³/mol. The van der Waals surface area contributed by atoms with E-state index < -0.39 is 5.92 Å². The van der Waals surface area contributed by atoms with Crippen molar-refractivity contribution in [2.45, 2.75) is 13.0 Å². The van der Waals surface area contributed by atoms with Crippen molar-refractivity contribution in [2.75, 3.05) is 37.6 Å². The largest absolute Gasteiger partial charge is 0.339 e. The van der Waals surface area contributed by atoms with Crippen molar-refractivity contribution in [1.82, 2.24) is 14.8 Å². The number of carbonyl (C=O) groups excluding carboxylic acids is 2. The fraction of sp³-hybridized carbons (Fsp3) is 0.320. The summed E-state index contributed by atoms with van der Waals surface area (Å²) in [5, 5.41) is 1.15. The standard InChI is InChI=1S/C25H25BrN4O2/c26-20-7-2-8-21(16-20)30-11-9-22(25(30)32)24(31)29-14-12-28(13-15-29)17-19-5-1-4-18-6-3-10-27-23(18)19/h1-8,10,16,22H,9,11-15,17H2. The quantitative estimate of drug-likeness (QED) is 0.521. The molecule has 1 aromatic heterocycles. The first-order chi connectivity index (χ1) is 15.6.